The standard InChI is InChI=1S/C16H33N5O2/c1-5-17-16(19-7-6-18-15(22)13(2)3)20-12-14(4)21-8-10-23-11-9-21/h13-14H,5-12H2,1-4H3,(H,18,22)(H2,17,19,20). The molecule has 134 valence electrons. The maximum absolute atomic E-state index is 11.5. The average Bonchev–Trinajstić information content (AvgIpc) is 2.56. The van der Waals surface area contributed by atoms with Crippen molar-refractivity contribution >= 4 is 11.9 Å². The van der Waals surface area contributed by atoms with Gasteiger partial charge in [-0.25, -0.2) is 0 Å². The van der Waals surface area contributed by atoms with Gasteiger partial charge in [-0.3, -0.25) is 14.7 Å². The van der Waals surface area contributed by atoms with Crippen LogP contribution in [0, 0.1) is 5.92 Å². The van der Waals surface area contributed by atoms with Crippen molar-refractivity contribution in [3.8, 4) is 0 Å². The van der Waals surface area contributed by atoms with Crippen LogP contribution < -0.4 is 16.0 Å². The second-order valence-corrected chi connectivity index (χ2v) is 6.09. The van der Waals surface area contributed by atoms with Gasteiger partial charge in [0, 0.05) is 44.7 Å². The Hall–Kier alpha value is -1.34. The molecule has 7 nitrogen and oxygen atoms in total. The second-order valence-electron chi connectivity index (χ2n) is 6.09. The lowest BCUT2D eigenvalue weighted by atomic mass is 10.2. The molecule has 0 bridgehead atoms. The van der Waals surface area contributed by atoms with Crippen molar-refractivity contribution in [1.82, 2.24) is 20.9 Å². The lowest BCUT2D eigenvalue weighted by Crippen LogP contribution is -2.45. The van der Waals surface area contributed by atoms with Crippen LogP contribution >= 0.6 is 0 Å². The van der Waals surface area contributed by atoms with Gasteiger partial charge in [0.1, 0.15) is 0 Å². The van der Waals surface area contributed by atoms with E-state index in [-0.39, 0.29) is 11.8 Å². The van der Waals surface area contributed by atoms with Crippen LogP contribution in [-0.2, 0) is 9.53 Å². The molecule has 0 aromatic rings. The Labute approximate surface area is 140 Å². The molecule has 1 atom stereocenters. The number of nitrogens with one attached hydrogen (secondary N) is 3. The maximum atomic E-state index is 11.5. The van der Waals surface area contributed by atoms with E-state index in [2.05, 4.69) is 32.8 Å². The highest BCUT2D eigenvalue weighted by Gasteiger charge is 2.16. The van der Waals surface area contributed by atoms with Gasteiger partial charge in [-0.1, -0.05) is 13.8 Å². The van der Waals surface area contributed by atoms with Crippen molar-refractivity contribution in [3.63, 3.8) is 0 Å². The molecule has 0 saturated carbocycles. The third-order valence-electron chi connectivity index (χ3n) is 3.77. The number of hydrogen-bond donors (Lipinski definition) is 3. The lowest BCUT2D eigenvalue weighted by Gasteiger charge is -2.31. The molecule has 1 aliphatic rings. The number of aliphatic imine (C=N–C) groups is 1. The third kappa shape index (κ3) is 8.18. The van der Waals surface area contributed by atoms with E-state index in [1.54, 1.807) is 0 Å². The number of guanidine groups is 1. The molecule has 1 saturated heterocycles. The summed E-state index contributed by atoms with van der Waals surface area (Å²) >= 11 is 0. The predicted octanol–water partition coefficient (Wildman–Crippen LogP) is 0.0344. The Kier molecular flexibility index (Phi) is 9.63. The van der Waals surface area contributed by atoms with Crippen molar-refractivity contribution in [2.45, 2.75) is 33.7 Å². The fourth-order valence-electron chi connectivity index (χ4n) is 2.27. The topological polar surface area (TPSA) is 78.0 Å². The zero-order valence-electron chi connectivity index (χ0n) is 15.0. The van der Waals surface area contributed by atoms with Crippen LogP contribution in [0.5, 0.6) is 0 Å². The molecule has 3 N–H and O–H groups in total. The van der Waals surface area contributed by atoms with E-state index >= 15 is 0 Å². The van der Waals surface area contributed by atoms with Gasteiger partial charge in [0.25, 0.3) is 0 Å². The molecular formula is C16H33N5O2. The van der Waals surface area contributed by atoms with E-state index in [9.17, 15) is 4.79 Å². The van der Waals surface area contributed by atoms with E-state index in [0.29, 0.717) is 19.1 Å². The highest BCUT2D eigenvalue weighted by atomic mass is 16.5. The van der Waals surface area contributed by atoms with Gasteiger partial charge in [0.05, 0.1) is 19.8 Å². The Morgan fingerprint density at radius 2 is 1.78 bits per heavy atom. The van der Waals surface area contributed by atoms with Gasteiger partial charge in [0.15, 0.2) is 5.96 Å². The summed E-state index contributed by atoms with van der Waals surface area (Å²) in [5.74, 6) is 0.896. The van der Waals surface area contributed by atoms with Crippen LogP contribution in [-0.4, -0.2) is 75.3 Å². The SMILES string of the molecule is CCNC(=NCC(C)N1CCOCC1)NCCNC(=O)C(C)C. The fourth-order valence-corrected chi connectivity index (χ4v) is 2.27. The van der Waals surface area contributed by atoms with Gasteiger partial charge in [-0.2, -0.15) is 0 Å². The van der Waals surface area contributed by atoms with E-state index in [0.717, 1.165) is 45.4 Å². The number of rotatable bonds is 8. The number of amides is 1. The van der Waals surface area contributed by atoms with E-state index in [1.165, 1.54) is 0 Å². The quantitative estimate of drug-likeness (QED) is 0.333. The first kappa shape index (κ1) is 19.7. The highest BCUT2D eigenvalue weighted by molar-refractivity contribution is 5.80. The van der Waals surface area contributed by atoms with Crippen molar-refractivity contribution in [2.75, 3.05) is 52.5 Å². The zero-order valence-corrected chi connectivity index (χ0v) is 15.0. The molecule has 1 unspecified atom stereocenters. The lowest BCUT2D eigenvalue weighted by molar-refractivity contribution is -0.123. The van der Waals surface area contributed by atoms with Gasteiger partial charge in [-0.05, 0) is 13.8 Å². The Morgan fingerprint density at radius 1 is 1.13 bits per heavy atom. The minimum Gasteiger partial charge on any atom is -0.379 e. The highest BCUT2D eigenvalue weighted by Crippen LogP contribution is 2.03. The second kappa shape index (κ2) is 11.2. The van der Waals surface area contributed by atoms with Crippen LogP contribution in [0.4, 0.5) is 0 Å². The summed E-state index contributed by atoms with van der Waals surface area (Å²) in [4.78, 5) is 18.5. The van der Waals surface area contributed by atoms with E-state index in [4.69, 9.17) is 4.74 Å². The molecule has 1 rings (SSSR count). The molecule has 1 heterocycles. The number of hydrogen-bond acceptors (Lipinski definition) is 4. The summed E-state index contributed by atoms with van der Waals surface area (Å²) in [6.45, 7) is 14.4. The summed E-state index contributed by atoms with van der Waals surface area (Å²) in [5.41, 5.74) is 0. The molecule has 0 aromatic carbocycles. The molecule has 7 heteroatoms. The zero-order chi connectivity index (χ0) is 17.1. The molecule has 0 radical (unpaired) electrons. The average molecular weight is 327 g/mol. The van der Waals surface area contributed by atoms with Gasteiger partial charge < -0.3 is 20.7 Å². The number of ether oxygens (including phenoxy) is 1. The molecule has 23 heavy (non-hydrogen) atoms. The van der Waals surface area contributed by atoms with Gasteiger partial charge >= 0.3 is 0 Å². The van der Waals surface area contributed by atoms with Gasteiger partial charge in [-0.15, -0.1) is 0 Å². The number of carbonyl (C=O) groups excluding carboxylic acids is 1. The summed E-state index contributed by atoms with van der Waals surface area (Å²) < 4.78 is 5.38. The molecule has 0 aliphatic carbocycles. The van der Waals surface area contributed by atoms with E-state index in [1.807, 2.05) is 20.8 Å². The summed E-state index contributed by atoms with van der Waals surface area (Å²) in [6, 6.07) is 0.398. The maximum Gasteiger partial charge on any atom is 0.222 e. The van der Waals surface area contributed by atoms with Crippen LogP contribution in [0.3, 0.4) is 0 Å². The molecule has 0 spiro atoms. The number of carbonyl (C=O) groups is 1. The normalized spacial score (nSPS) is 17.9. The molecular weight excluding hydrogens is 294 g/mol. The monoisotopic (exact) mass is 327 g/mol. The fraction of sp³-hybridized carbons (Fsp3) is 0.875. The minimum absolute atomic E-state index is 0.0197. The van der Waals surface area contributed by atoms with Gasteiger partial charge in [0.2, 0.25) is 5.91 Å². The van der Waals surface area contributed by atoms with Crippen LogP contribution in [0.2, 0.25) is 0 Å². The first-order valence-electron chi connectivity index (χ1n) is 8.66. The van der Waals surface area contributed by atoms with Crippen molar-refractivity contribution in [3.05, 3.63) is 0 Å². The van der Waals surface area contributed by atoms with Crippen LogP contribution in [0.25, 0.3) is 0 Å². The Morgan fingerprint density at radius 3 is 2.39 bits per heavy atom. The third-order valence-corrected chi connectivity index (χ3v) is 3.77. The van der Waals surface area contributed by atoms with E-state index < -0.39 is 0 Å². The van der Waals surface area contributed by atoms with Crippen molar-refractivity contribution < 1.29 is 9.53 Å². The summed E-state index contributed by atoms with van der Waals surface area (Å²) in [5, 5.41) is 9.38. The summed E-state index contributed by atoms with van der Waals surface area (Å²) in [6.07, 6.45) is 0. The molecule has 1 amide bonds. The molecule has 1 aliphatic heterocycles. The first-order valence-corrected chi connectivity index (χ1v) is 8.66. The van der Waals surface area contributed by atoms with Crippen molar-refractivity contribution in [1.29, 1.82) is 0 Å². The van der Waals surface area contributed by atoms with Crippen LogP contribution in [0.1, 0.15) is 27.7 Å². The molecule has 1 fully saturated rings. The van der Waals surface area contributed by atoms with Crippen LogP contribution in [0.15, 0.2) is 4.99 Å². The number of morpholine rings is 1. The Balaban J connectivity index is 2.32. The number of nitrogens with zero attached hydrogens (tertiary/aromatic N) is 2. The van der Waals surface area contributed by atoms with Crippen molar-refractivity contribution in [2.24, 2.45) is 10.9 Å². The largest absolute Gasteiger partial charge is 0.379 e. The minimum atomic E-state index is 0.0197. The smallest absolute Gasteiger partial charge is 0.222 e. The first-order chi connectivity index (χ1) is 11.0. The summed E-state index contributed by atoms with van der Waals surface area (Å²) in [7, 11) is 0. The molecule has 0 aromatic heterocycles. The Bertz CT molecular complexity index is 367. The predicted molar refractivity (Wildman–Crippen MR) is 93.7 cm³/mol.